The van der Waals surface area contributed by atoms with E-state index in [1.54, 1.807) is 4.90 Å². The van der Waals surface area contributed by atoms with Crippen LogP contribution < -0.4 is 5.32 Å². The molecule has 0 aromatic heterocycles. The number of amides is 1. The molecule has 2 aliphatic rings. The Bertz CT molecular complexity index is 381. The average Bonchev–Trinajstić information content (AvgIpc) is 2.95. The molecule has 2 rings (SSSR count). The number of aliphatic imine (C=N–C) groups is 1. The van der Waals surface area contributed by atoms with Gasteiger partial charge < -0.3 is 10.2 Å². The first-order valence-electron chi connectivity index (χ1n) is 6.22. The van der Waals surface area contributed by atoms with Crippen molar-refractivity contribution in [3.8, 4) is 0 Å². The summed E-state index contributed by atoms with van der Waals surface area (Å²) in [6, 6.07) is 0. The summed E-state index contributed by atoms with van der Waals surface area (Å²) in [5.74, 6) is 0.685. The molecule has 7 heteroatoms. The monoisotopic (exact) mass is 286 g/mol. The second-order valence-electron chi connectivity index (χ2n) is 4.16. The lowest BCUT2D eigenvalue weighted by molar-refractivity contribution is -0.123. The molecular formula is C11H18N4OS2. The van der Waals surface area contributed by atoms with E-state index in [1.165, 1.54) is 11.8 Å². The molecule has 0 radical (unpaired) electrons. The van der Waals surface area contributed by atoms with E-state index in [4.69, 9.17) is 12.2 Å². The van der Waals surface area contributed by atoms with Gasteiger partial charge in [-0.05, 0) is 13.1 Å². The van der Waals surface area contributed by atoms with Gasteiger partial charge in [0.1, 0.15) is 5.25 Å². The largest absolute Gasteiger partial charge is 0.354 e. The lowest BCUT2D eigenvalue weighted by Gasteiger charge is -2.20. The molecule has 1 N–H and O–H groups in total. The van der Waals surface area contributed by atoms with Gasteiger partial charge in [0.2, 0.25) is 11.9 Å². The summed E-state index contributed by atoms with van der Waals surface area (Å²) < 4.78 is 0.616. The van der Waals surface area contributed by atoms with Crippen LogP contribution in [0.5, 0.6) is 0 Å². The van der Waals surface area contributed by atoms with Crippen LogP contribution in [-0.2, 0) is 4.79 Å². The Balaban J connectivity index is 2.04. The van der Waals surface area contributed by atoms with Crippen LogP contribution in [0.15, 0.2) is 4.99 Å². The van der Waals surface area contributed by atoms with E-state index in [1.807, 2.05) is 0 Å². The predicted molar refractivity (Wildman–Crippen MR) is 78.9 cm³/mol. The van der Waals surface area contributed by atoms with Crippen molar-refractivity contribution in [2.24, 2.45) is 4.99 Å². The van der Waals surface area contributed by atoms with E-state index in [0.717, 1.165) is 26.2 Å². The lowest BCUT2D eigenvalue weighted by atomic mass is 10.3. The highest BCUT2D eigenvalue weighted by atomic mass is 32.2. The van der Waals surface area contributed by atoms with Gasteiger partial charge in [0.15, 0.2) is 4.32 Å². The number of rotatable bonds is 4. The van der Waals surface area contributed by atoms with Crippen LogP contribution in [0.3, 0.4) is 0 Å². The van der Waals surface area contributed by atoms with Crippen LogP contribution in [-0.4, -0.2) is 64.0 Å². The van der Waals surface area contributed by atoms with Crippen LogP contribution >= 0.6 is 24.0 Å². The average molecular weight is 286 g/mol. The summed E-state index contributed by atoms with van der Waals surface area (Å²) in [6.07, 6.45) is 0. The Morgan fingerprint density at radius 2 is 2.28 bits per heavy atom. The topological polar surface area (TPSA) is 47.9 Å². The van der Waals surface area contributed by atoms with Gasteiger partial charge in [-0.2, -0.15) is 0 Å². The molecule has 100 valence electrons. The van der Waals surface area contributed by atoms with Crippen LogP contribution in [0.2, 0.25) is 0 Å². The Morgan fingerprint density at radius 1 is 1.56 bits per heavy atom. The van der Waals surface area contributed by atoms with E-state index < -0.39 is 0 Å². The third-order valence-corrected chi connectivity index (χ3v) is 4.60. The van der Waals surface area contributed by atoms with E-state index >= 15 is 0 Å². The molecule has 2 aliphatic heterocycles. The molecule has 5 nitrogen and oxygen atoms in total. The van der Waals surface area contributed by atoms with Crippen molar-refractivity contribution in [3.63, 3.8) is 0 Å². The molecule has 0 aromatic rings. The number of nitrogens with zero attached hydrogens (tertiary/aromatic N) is 3. The first-order chi connectivity index (χ1) is 8.67. The van der Waals surface area contributed by atoms with Crippen molar-refractivity contribution in [2.45, 2.75) is 19.1 Å². The Labute approximate surface area is 117 Å². The predicted octanol–water partition coefficient (Wildman–Crippen LogP) is 0.516. The lowest BCUT2D eigenvalue weighted by Crippen LogP contribution is -2.44. The van der Waals surface area contributed by atoms with E-state index in [2.05, 4.69) is 29.1 Å². The maximum Gasteiger partial charge on any atom is 0.249 e. The molecule has 0 aliphatic carbocycles. The van der Waals surface area contributed by atoms with Crippen molar-refractivity contribution >= 4 is 40.2 Å². The fraction of sp³-hybridized carbons (Fsp3) is 0.727. The summed E-state index contributed by atoms with van der Waals surface area (Å²) in [4.78, 5) is 20.4. The maximum absolute atomic E-state index is 12.3. The quantitative estimate of drug-likeness (QED) is 0.763. The normalized spacial score (nSPS) is 23.8. The second-order valence-corrected chi connectivity index (χ2v) is 6.00. The summed E-state index contributed by atoms with van der Waals surface area (Å²) in [7, 11) is 0. The van der Waals surface area contributed by atoms with E-state index in [9.17, 15) is 4.79 Å². The molecule has 18 heavy (non-hydrogen) atoms. The van der Waals surface area contributed by atoms with Crippen molar-refractivity contribution < 1.29 is 4.79 Å². The van der Waals surface area contributed by atoms with Gasteiger partial charge in [-0.1, -0.05) is 37.8 Å². The molecule has 1 atom stereocenters. The van der Waals surface area contributed by atoms with Gasteiger partial charge in [0, 0.05) is 13.1 Å². The van der Waals surface area contributed by atoms with Crippen molar-refractivity contribution in [1.82, 2.24) is 15.1 Å². The van der Waals surface area contributed by atoms with Gasteiger partial charge >= 0.3 is 0 Å². The maximum atomic E-state index is 12.3. The minimum absolute atomic E-state index is 0.0602. The molecule has 1 unspecified atom stereocenters. The van der Waals surface area contributed by atoms with Gasteiger partial charge in [-0.25, -0.2) is 4.90 Å². The summed E-state index contributed by atoms with van der Waals surface area (Å²) in [5, 5.41) is 3.01. The van der Waals surface area contributed by atoms with Crippen LogP contribution in [0.4, 0.5) is 0 Å². The molecule has 0 aromatic carbocycles. The minimum atomic E-state index is -0.0949. The number of carbonyl (C=O) groups excluding carboxylic acids is 1. The van der Waals surface area contributed by atoms with Crippen LogP contribution in [0, 0.1) is 0 Å². The van der Waals surface area contributed by atoms with Crippen molar-refractivity contribution in [1.29, 1.82) is 0 Å². The number of thiocarbonyl (C=S) groups is 1. The first-order valence-corrected chi connectivity index (χ1v) is 7.51. The van der Waals surface area contributed by atoms with Gasteiger partial charge in [0.05, 0.1) is 6.54 Å². The highest BCUT2D eigenvalue weighted by Gasteiger charge is 2.40. The molecule has 1 saturated heterocycles. The molecule has 2 heterocycles. The molecule has 1 amide bonds. The van der Waals surface area contributed by atoms with Crippen LogP contribution in [0.1, 0.15) is 13.8 Å². The van der Waals surface area contributed by atoms with Gasteiger partial charge in [-0.15, -0.1) is 0 Å². The Morgan fingerprint density at radius 3 is 2.83 bits per heavy atom. The minimum Gasteiger partial charge on any atom is -0.354 e. The van der Waals surface area contributed by atoms with Crippen molar-refractivity contribution in [2.75, 3.05) is 32.7 Å². The summed E-state index contributed by atoms with van der Waals surface area (Å²) in [6.45, 7) is 8.36. The zero-order valence-electron chi connectivity index (χ0n) is 10.7. The van der Waals surface area contributed by atoms with Crippen LogP contribution in [0.25, 0.3) is 0 Å². The SMILES string of the molecule is CCN(CC)CC1SC(=S)N(C2=NCCN2)C1=O. The Kier molecular flexibility index (Phi) is 4.58. The third kappa shape index (κ3) is 2.67. The second kappa shape index (κ2) is 5.99. The molecule has 1 fully saturated rings. The first kappa shape index (κ1) is 13.8. The third-order valence-electron chi connectivity index (χ3n) is 3.11. The molecule has 0 saturated carbocycles. The number of guanidine groups is 1. The van der Waals surface area contributed by atoms with E-state index in [-0.39, 0.29) is 11.2 Å². The van der Waals surface area contributed by atoms with Crippen molar-refractivity contribution in [3.05, 3.63) is 0 Å². The standard InChI is InChI=1S/C11H18N4OS2/c1-3-14(4-2)7-8-9(16)15(11(17)18-8)10-12-5-6-13-10/h8H,3-7H2,1-2H3,(H,12,13). The smallest absolute Gasteiger partial charge is 0.249 e. The number of thioether (sulfide) groups is 1. The number of hydrogen-bond donors (Lipinski definition) is 1. The summed E-state index contributed by atoms with van der Waals surface area (Å²) in [5.41, 5.74) is 0. The molecule has 0 spiro atoms. The molecular weight excluding hydrogens is 268 g/mol. The zero-order valence-corrected chi connectivity index (χ0v) is 12.3. The van der Waals surface area contributed by atoms with E-state index in [0.29, 0.717) is 16.8 Å². The number of hydrogen-bond acceptors (Lipinski definition) is 6. The Hall–Kier alpha value is -0.660. The highest BCUT2D eigenvalue weighted by molar-refractivity contribution is 8.24. The number of carbonyl (C=O) groups is 1. The van der Waals surface area contributed by atoms with Gasteiger partial charge in [-0.3, -0.25) is 9.79 Å². The molecule has 0 bridgehead atoms. The fourth-order valence-electron chi connectivity index (χ4n) is 2.02. The fourth-order valence-corrected chi connectivity index (χ4v) is 3.56. The van der Waals surface area contributed by atoms with Gasteiger partial charge in [0.25, 0.3) is 0 Å². The number of nitrogens with one attached hydrogen (secondary N) is 1. The zero-order chi connectivity index (χ0) is 13.1. The summed E-state index contributed by atoms with van der Waals surface area (Å²) >= 11 is 6.76. The highest BCUT2D eigenvalue weighted by Crippen LogP contribution is 2.28.